The molecule has 1 aliphatic rings. The summed E-state index contributed by atoms with van der Waals surface area (Å²) in [7, 11) is 0.950. The molecule has 0 aliphatic carbocycles. The van der Waals surface area contributed by atoms with Crippen LogP contribution in [0.3, 0.4) is 0 Å². The summed E-state index contributed by atoms with van der Waals surface area (Å²) < 4.78 is 46.1. The van der Waals surface area contributed by atoms with Crippen molar-refractivity contribution in [3.05, 3.63) is 0 Å². The number of ether oxygens (including phenoxy) is 2. The van der Waals surface area contributed by atoms with Crippen LogP contribution in [0.2, 0.25) is 0 Å². The molecule has 0 amide bonds. The molecular weight excluding hydrogens is 189 g/mol. The van der Waals surface area contributed by atoms with Crippen LogP contribution in [-0.2, 0) is 14.3 Å². The number of halogens is 3. The van der Waals surface area contributed by atoms with Gasteiger partial charge in [-0.3, -0.25) is 4.79 Å². The number of esters is 1. The number of carbonyl (C=O) groups is 1. The zero-order valence-corrected chi connectivity index (χ0v) is 6.98. The molecular formula is C7H9F3O3. The molecule has 6 heteroatoms. The summed E-state index contributed by atoms with van der Waals surface area (Å²) >= 11 is 0. The Kier molecular flexibility index (Phi) is 2.51. The van der Waals surface area contributed by atoms with E-state index in [0.29, 0.717) is 0 Å². The fourth-order valence-electron chi connectivity index (χ4n) is 1.23. The van der Waals surface area contributed by atoms with Crippen LogP contribution in [0.15, 0.2) is 0 Å². The van der Waals surface area contributed by atoms with E-state index >= 15 is 0 Å². The first kappa shape index (κ1) is 10.3. The van der Waals surface area contributed by atoms with E-state index in [2.05, 4.69) is 9.47 Å². The first-order valence-electron chi connectivity index (χ1n) is 3.69. The number of rotatable bonds is 1. The lowest BCUT2D eigenvalue weighted by molar-refractivity contribution is -0.284. The van der Waals surface area contributed by atoms with Gasteiger partial charge in [0.2, 0.25) is 0 Å². The standard InChI is InChI=1S/C7H9F3O3/c1-12-6(7(8,9)10)2-3-13-5(11)4-6/h2-4H2,1H3. The highest BCUT2D eigenvalue weighted by molar-refractivity contribution is 5.71. The lowest BCUT2D eigenvalue weighted by atomic mass is 9.93. The summed E-state index contributed by atoms with van der Waals surface area (Å²) in [5.41, 5.74) is -2.34. The normalized spacial score (nSPS) is 30.0. The molecule has 0 spiro atoms. The van der Waals surface area contributed by atoms with Crippen LogP contribution in [0.5, 0.6) is 0 Å². The Balaban J connectivity index is 2.86. The summed E-state index contributed by atoms with van der Waals surface area (Å²) in [4.78, 5) is 10.7. The second-order valence-electron chi connectivity index (χ2n) is 2.84. The number of hydrogen-bond acceptors (Lipinski definition) is 3. The van der Waals surface area contributed by atoms with E-state index in [1.165, 1.54) is 0 Å². The predicted molar refractivity (Wildman–Crippen MR) is 36.0 cm³/mol. The van der Waals surface area contributed by atoms with Crippen molar-refractivity contribution >= 4 is 5.97 Å². The van der Waals surface area contributed by atoms with Gasteiger partial charge in [-0.1, -0.05) is 0 Å². The summed E-state index contributed by atoms with van der Waals surface area (Å²) in [5.74, 6) is -0.870. The molecule has 1 saturated heterocycles. The van der Waals surface area contributed by atoms with Gasteiger partial charge < -0.3 is 9.47 Å². The lowest BCUT2D eigenvalue weighted by Crippen LogP contribution is -2.52. The van der Waals surface area contributed by atoms with Gasteiger partial charge in [0.05, 0.1) is 13.0 Å². The Hall–Kier alpha value is -0.780. The van der Waals surface area contributed by atoms with Crippen molar-refractivity contribution < 1.29 is 27.4 Å². The highest BCUT2D eigenvalue weighted by Gasteiger charge is 2.58. The minimum atomic E-state index is -4.53. The van der Waals surface area contributed by atoms with Crippen LogP contribution in [0.25, 0.3) is 0 Å². The summed E-state index contributed by atoms with van der Waals surface area (Å²) in [6.07, 6.45) is -5.62. The molecule has 1 fully saturated rings. The first-order chi connectivity index (χ1) is 5.91. The van der Waals surface area contributed by atoms with Gasteiger partial charge in [-0.15, -0.1) is 0 Å². The van der Waals surface area contributed by atoms with Gasteiger partial charge in [0.1, 0.15) is 0 Å². The molecule has 1 atom stereocenters. The van der Waals surface area contributed by atoms with Gasteiger partial charge >= 0.3 is 12.1 Å². The van der Waals surface area contributed by atoms with Crippen LogP contribution < -0.4 is 0 Å². The molecule has 0 bridgehead atoms. The van der Waals surface area contributed by atoms with Crippen molar-refractivity contribution in [2.75, 3.05) is 13.7 Å². The topological polar surface area (TPSA) is 35.5 Å². The zero-order chi connectivity index (χ0) is 10.1. The number of carbonyl (C=O) groups excluding carboxylic acids is 1. The minimum Gasteiger partial charge on any atom is -0.465 e. The third-order valence-electron chi connectivity index (χ3n) is 2.11. The van der Waals surface area contributed by atoms with Crippen molar-refractivity contribution in [2.24, 2.45) is 0 Å². The quantitative estimate of drug-likeness (QED) is 0.595. The third kappa shape index (κ3) is 1.77. The minimum absolute atomic E-state index is 0.244. The highest BCUT2D eigenvalue weighted by Crippen LogP contribution is 2.40. The van der Waals surface area contributed by atoms with Crippen LogP contribution in [0.4, 0.5) is 13.2 Å². The largest absolute Gasteiger partial charge is 0.465 e. The maximum Gasteiger partial charge on any atom is 0.418 e. The van der Waals surface area contributed by atoms with E-state index in [1.54, 1.807) is 0 Å². The molecule has 1 aliphatic heterocycles. The lowest BCUT2D eigenvalue weighted by Gasteiger charge is -2.36. The molecule has 1 heterocycles. The van der Waals surface area contributed by atoms with E-state index in [4.69, 9.17) is 0 Å². The van der Waals surface area contributed by atoms with Gasteiger partial charge in [0.15, 0.2) is 5.60 Å². The van der Waals surface area contributed by atoms with E-state index in [0.717, 1.165) is 7.11 Å². The fourth-order valence-corrected chi connectivity index (χ4v) is 1.23. The maximum absolute atomic E-state index is 12.4. The van der Waals surface area contributed by atoms with Crippen molar-refractivity contribution in [3.63, 3.8) is 0 Å². The Morgan fingerprint density at radius 1 is 1.54 bits per heavy atom. The van der Waals surface area contributed by atoms with Crippen molar-refractivity contribution in [1.82, 2.24) is 0 Å². The van der Waals surface area contributed by atoms with Gasteiger partial charge in [-0.25, -0.2) is 0 Å². The molecule has 0 aromatic carbocycles. The summed E-state index contributed by atoms with van der Waals surface area (Å²) in [6.45, 7) is -0.244. The second kappa shape index (κ2) is 3.17. The molecule has 0 aromatic heterocycles. The molecule has 0 saturated carbocycles. The van der Waals surface area contributed by atoms with Gasteiger partial charge in [-0.2, -0.15) is 13.2 Å². The Morgan fingerprint density at radius 3 is 2.46 bits per heavy atom. The Morgan fingerprint density at radius 2 is 2.15 bits per heavy atom. The second-order valence-corrected chi connectivity index (χ2v) is 2.84. The molecule has 1 rings (SSSR count). The number of cyclic esters (lactones) is 1. The van der Waals surface area contributed by atoms with Crippen LogP contribution in [0, 0.1) is 0 Å². The molecule has 3 nitrogen and oxygen atoms in total. The molecule has 1 unspecified atom stereocenters. The van der Waals surface area contributed by atoms with E-state index < -0.39 is 24.2 Å². The van der Waals surface area contributed by atoms with Gasteiger partial charge in [0.25, 0.3) is 0 Å². The number of hydrogen-bond donors (Lipinski definition) is 0. The van der Waals surface area contributed by atoms with Crippen molar-refractivity contribution in [3.8, 4) is 0 Å². The molecule has 0 aromatic rings. The molecule has 0 N–H and O–H groups in total. The smallest absolute Gasteiger partial charge is 0.418 e. The van der Waals surface area contributed by atoms with E-state index in [1.807, 2.05) is 0 Å². The molecule has 13 heavy (non-hydrogen) atoms. The Bertz CT molecular complexity index is 214. The monoisotopic (exact) mass is 198 g/mol. The summed E-state index contributed by atoms with van der Waals surface area (Å²) in [6, 6.07) is 0. The number of methoxy groups -OCH3 is 1. The fraction of sp³-hybridized carbons (Fsp3) is 0.857. The number of alkyl halides is 3. The van der Waals surface area contributed by atoms with Crippen molar-refractivity contribution in [2.45, 2.75) is 24.6 Å². The van der Waals surface area contributed by atoms with E-state index in [9.17, 15) is 18.0 Å². The van der Waals surface area contributed by atoms with Crippen LogP contribution in [-0.4, -0.2) is 31.5 Å². The van der Waals surface area contributed by atoms with Crippen LogP contribution >= 0.6 is 0 Å². The maximum atomic E-state index is 12.4. The first-order valence-corrected chi connectivity index (χ1v) is 3.69. The zero-order valence-electron chi connectivity index (χ0n) is 6.98. The summed E-state index contributed by atoms with van der Waals surface area (Å²) in [5, 5.41) is 0. The Labute approximate surface area is 72.8 Å². The van der Waals surface area contributed by atoms with Gasteiger partial charge in [-0.05, 0) is 0 Å². The average Bonchev–Trinajstić information content (AvgIpc) is 2.02. The van der Waals surface area contributed by atoms with Crippen LogP contribution in [0.1, 0.15) is 12.8 Å². The SMILES string of the molecule is COC1(C(F)(F)F)CCOC(=O)C1. The predicted octanol–water partition coefficient (Wildman–Crippen LogP) is 1.27. The van der Waals surface area contributed by atoms with Gasteiger partial charge in [0, 0.05) is 13.5 Å². The highest BCUT2D eigenvalue weighted by atomic mass is 19.4. The average molecular weight is 198 g/mol. The van der Waals surface area contributed by atoms with Crippen molar-refractivity contribution in [1.29, 1.82) is 0 Å². The third-order valence-corrected chi connectivity index (χ3v) is 2.11. The molecule has 76 valence electrons. The van der Waals surface area contributed by atoms with E-state index in [-0.39, 0.29) is 13.0 Å². The molecule has 0 radical (unpaired) electrons.